The average molecular weight is 463 g/mol. The summed E-state index contributed by atoms with van der Waals surface area (Å²) in [6.45, 7) is 9.90. The van der Waals surface area contributed by atoms with Gasteiger partial charge in [-0.1, -0.05) is 25.9 Å². The Kier molecular flexibility index (Phi) is 8.29. The van der Waals surface area contributed by atoms with Crippen LogP contribution in [0.4, 0.5) is 10.4 Å². The first kappa shape index (κ1) is 25.0. The largest absolute Gasteiger partial charge is 0.493 e. The van der Waals surface area contributed by atoms with Crippen LogP contribution in [0.5, 0.6) is 5.75 Å². The fraction of sp³-hybridized carbons (Fsp3) is 0.625. The Bertz CT molecular complexity index is 919. The van der Waals surface area contributed by atoms with Gasteiger partial charge < -0.3 is 24.6 Å². The number of ether oxygens (including phenoxy) is 1. The number of amides is 1. The molecule has 3 rings (SSSR count). The zero-order chi connectivity index (χ0) is 24.0. The lowest BCUT2D eigenvalue weighted by Gasteiger charge is -2.30. The van der Waals surface area contributed by atoms with Gasteiger partial charge in [0.05, 0.1) is 18.8 Å². The van der Waals surface area contributed by atoms with E-state index in [-0.39, 0.29) is 17.6 Å². The summed E-state index contributed by atoms with van der Waals surface area (Å²) in [6, 6.07) is 4.39. The molecule has 0 saturated carbocycles. The number of piperidine rings is 1. The van der Waals surface area contributed by atoms with Gasteiger partial charge in [0, 0.05) is 30.6 Å². The minimum atomic E-state index is -0.641. The highest BCUT2D eigenvalue weighted by atomic mass is 19.1. The molecule has 1 aliphatic rings. The molecule has 8 nitrogen and oxygen atoms in total. The standard InChI is InChI=1S/C24H35FN4O4/c1-16(15-30)26-21(31)19-8-7-18(14-20(19)25)32-13-5-6-17-9-11-29(12-10-17)23-27-22(28-33-23)24(2,3)4/h7-8,14,16-17,30H,5-6,9-13,15H2,1-4H3,(H,26,31)/t16-/m1/s1. The number of nitrogens with one attached hydrogen (secondary N) is 1. The molecule has 0 bridgehead atoms. The Balaban J connectivity index is 1.38. The minimum absolute atomic E-state index is 0.0646. The number of nitrogens with zero attached hydrogens (tertiary/aromatic N) is 3. The maximum absolute atomic E-state index is 14.3. The van der Waals surface area contributed by atoms with E-state index in [1.54, 1.807) is 13.0 Å². The van der Waals surface area contributed by atoms with E-state index in [0.717, 1.165) is 44.6 Å². The van der Waals surface area contributed by atoms with Crippen LogP contribution in [0, 0.1) is 11.7 Å². The molecule has 1 saturated heterocycles. The van der Waals surface area contributed by atoms with Crippen molar-refractivity contribution in [2.24, 2.45) is 5.92 Å². The van der Waals surface area contributed by atoms with E-state index < -0.39 is 17.8 Å². The van der Waals surface area contributed by atoms with Crippen molar-refractivity contribution >= 4 is 11.9 Å². The van der Waals surface area contributed by atoms with E-state index in [9.17, 15) is 9.18 Å². The van der Waals surface area contributed by atoms with E-state index in [2.05, 4.69) is 41.1 Å². The third kappa shape index (κ3) is 6.90. The molecule has 1 aromatic carbocycles. The lowest BCUT2D eigenvalue weighted by molar-refractivity contribution is 0.0918. The third-order valence-electron chi connectivity index (χ3n) is 5.83. The van der Waals surface area contributed by atoms with Gasteiger partial charge in [0.25, 0.3) is 5.91 Å². The highest BCUT2D eigenvalue weighted by Gasteiger charge is 2.26. The van der Waals surface area contributed by atoms with Crippen molar-refractivity contribution in [1.82, 2.24) is 15.5 Å². The van der Waals surface area contributed by atoms with Crippen molar-refractivity contribution in [3.05, 3.63) is 35.4 Å². The Morgan fingerprint density at radius 3 is 2.70 bits per heavy atom. The van der Waals surface area contributed by atoms with Crippen LogP contribution in [-0.2, 0) is 5.41 Å². The van der Waals surface area contributed by atoms with Crippen LogP contribution >= 0.6 is 0 Å². The summed E-state index contributed by atoms with van der Waals surface area (Å²) in [6.07, 6.45) is 4.01. The molecule has 2 heterocycles. The van der Waals surface area contributed by atoms with Crippen LogP contribution in [0.15, 0.2) is 22.7 Å². The second-order valence-electron chi connectivity index (χ2n) is 9.77. The van der Waals surface area contributed by atoms with Crippen LogP contribution in [0.2, 0.25) is 0 Å². The van der Waals surface area contributed by atoms with Gasteiger partial charge in [0.15, 0.2) is 5.82 Å². The number of aliphatic hydroxyl groups is 1. The monoisotopic (exact) mass is 462 g/mol. The van der Waals surface area contributed by atoms with E-state index in [1.165, 1.54) is 12.1 Å². The molecule has 1 aliphatic heterocycles. The summed E-state index contributed by atoms with van der Waals surface area (Å²) in [5.74, 6) is 0.535. The smallest absolute Gasteiger partial charge is 0.324 e. The van der Waals surface area contributed by atoms with Crippen LogP contribution in [0.1, 0.15) is 69.6 Å². The average Bonchev–Trinajstić information content (AvgIpc) is 3.28. The molecule has 0 aliphatic carbocycles. The second kappa shape index (κ2) is 11.0. The maximum Gasteiger partial charge on any atom is 0.324 e. The summed E-state index contributed by atoms with van der Waals surface area (Å²) in [7, 11) is 0. The van der Waals surface area contributed by atoms with Crippen molar-refractivity contribution in [2.45, 2.75) is 64.8 Å². The zero-order valence-electron chi connectivity index (χ0n) is 19.9. The van der Waals surface area contributed by atoms with Crippen molar-refractivity contribution in [3.63, 3.8) is 0 Å². The fourth-order valence-electron chi connectivity index (χ4n) is 3.74. The fourth-order valence-corrected chi connectivity index (χ4v) is 3.74. The molecule has 2 aromatic rings. The zero-order valence-corrected chi connectivity index (χ0v) is 19.9. The van der Waals surface area contributed by atoms with E-state index in [4.69, 9.17) is 14.4 Å². The predicted molar refractivity (Wildman–Crippen MR) is 123 cm³/mol. The Morgan fingerprint density at radius 2 is 2.09 bits per heavy atom. The molecule has 1 atom stereocenters. The number of hydrogen-bond acceptors (Lipinski definition) is 7. The molecular weight excluding hydrogens is 427 g/mol. The molecule has 182 valence electrons. The number of hydrogen-bond donors (Lipinski definition) is 2. The van der Waals surface area contributed by atoms with Gasteiger partial charge in [0.1, 0.15) is 11.6 Å². The third-order valence-corrected chi connectivity index (χ3v) is 5.83. The van der Waals surface area contributed by atoms with Crippen LogP contribution < -0.4 is 15.0 Å². The second-order valence-corrected chi connectivity index (χ2v) is 9.77. The first-order chi connectivity index (χ1) is 15.7. The van der Waals surface area contributed by atoms with E-state index in [1.807, 2.05) is 0 Å². The van der Waals surface area contributed by atoms with Crippen molar-refractivity contribution in [3.8, 4) is 5.75 Å². The number of aromatic nitrogens is 2. The Hall–Kier alpha value is -2.68. The Morgan fingerprint density at radius 1 is 1.36 bits per heavy atom. The lowest BCUT2D eigenvalue weighted by atomic mass is 9.92. The van der Waals surface area contributed by atoms with Crippen molar-refractivity contribution in [2.75, 3.05) is 31.2 Å². The number of anilines is 1. The first-order valence-electron chi connectivity index (χ1n) is 11.6. The highest BCUT2D eigenvalue weighted by Crippen LogP contribution is 2.27. The van der Waals surface area contributed by atoms with Crippen LogP contribution in [0.25, 0.3) is 0 Å². The summed E-state index contributed by atoms with van der Waals surface area (Å²) < 4.78 is 25.4. The normalized spacial score (nSPS) is 16.0. The van der Waals surface area contributed by atoms with Gasteiger partial charge in [0.2, 0.25) is 0 Å². The van der Waals surface area contributed by atoms with Gasteiger partial charge >= 0.3 is 6.01 Å². The molecule has 1 amide bonds. The summed E-state index contributed by atoms with van der Waals surface area (Å²) in [5.41, 5.74) is -0.195. The molecule has 0 radical (unpaired) electrons. The topological polar surface area (TPSA) is 101 Å². The van der Waals surface area contributed by atoms with Gasteiger partial charge in [-0.25, -0.2) is 4.39 Å². The van der Waals surface area contributed by atoms with Gasteiger partial charge in [-0.3, -0.25) is 4.79 Å². The highest BCUT2D eigenvalue weighted by molar-refractivity contribution is 5.94. The number of rotatable bonds is 9. The number of carbonyl (C=O) groups is 1. The number of halogens is 1. The quantitative estimate of drug-likeness (QED) is 0.548. The molecule has 9 heteroatoms. The molecular formula is C24H35FN4O4. The molecule has 1 fully saturated rings. The molecule has 33 heavy (non-hydrogen) atoms. The van der Waals surface area contributed by atoms with Crippen molar-refractivity contribution in [1.29, 1.82) is 0 Å². The van der Waals surface area contributed by atoms with Gasteiger partial charge in [-0.2, -0.15) is 4.98 Å². The summed E-state index contributed by atoms with van der Waals surface area (Å²) >= 11 is 0. The SMILES string of the molecule is C[C@H](CO)NC(=O)c1ccc(OCCCC2CCN(c3nc(C(C)(C)C)no3)CC2)cc1F. The summed E-state index contributed by atoms with van der Waals surface area (Å²) in [4.78, 5) is 18.7. The molecule has 0 unspecified atom stereocenters. The first-order valence-corrected chi connectivity index (χ1v) is 11.6. The lowest BCUT2D eigenvalue weighted by Crippen LogP contribution is -2.35. The molecule has 1 aromatic heterocycles. The number of benzene rings is 1. The number of aliphatic hydroxyl groups excluding tert-OH is 1. The van der Waals surface area contributed by atoms with E-state index >= 15 is 0 Å². The maximum atomic E-state index is 14.3. The van der Waals surface area contributed by atoms with Gasteiger partial charge in [-0.15, -0.1) is 0 Å². The molecule has 0 spiro atoms. The molecule has 2 N–H and O–H groups in total. The van der Waals surface area contributed by atoms with E-state index in [0.29, 0.717) is 24.3 Å². The van der Waals surface area contributed by atoms with Crippen molar-refractivity contribution < 1.29 is 23.6 Å². The van der Waals surface area contributed by atoms with Crippen LogP contribution in [0.3, 0.4) is 0 Å². The van der Waals surface area contributed by atoms with Crippen LogP contribution in [-0.4, -0.2) is 53.5 Å². The summed E-state index contributed by atoms with van der Waals surface area (Å²) in [5, 5.41) is 15.6. The predicted octanol–water partition coefficient (Wildman–Crippen LogP) is 3.69. The number of carbonyl (C=O) groups excluding carboxylic acids is 1. The Labute approximate surface area is 194 Å². The van der Waals surface area contributed by atoms with Gasteiger partial charge in [-0.05, 0) is 50.7 Å². The minimum Gasteiger partial charge on any atom is -0.493 e.